The molecule has 1 fully saturated rings. The lowest BCUT2D eigenvalue weighted by molar-refractivity contribution is -0.136. The van der Waals surface area contributed by atoms with Crippen molar-refractivity contribution in [3.8, 4) is 0 Å². The second-order valence-electron chi connectivity index (χ2n) is 9.95. The van der Waals surface area contributed by atoms with E-state index < -0.39 is 5.91 Å². The maximum Gasteiger partial charge on any atom is 0.294 e. The Morgan fingerprint density at radius 3 is 2.38 bits per heavy atom. The molecule has 196 valence electrons. The number of aryl methyl sites for hydroxylation is 1. The number of aromatic nitrogens is 2. The molecular weight excluding hydrogens is 472 g/mol. The van der Waals surface area contributed by atoms with Crippen LogP contribution in [-0.4, -0.2) is 71.7 Å². The highest BCUT2D eigenvalue weighted by Crippen LogP contribution is 2.34. The second-order valence-corrected chi connectivity index (χ2v) is 9.95. The smallest absolute Gasteiger partial charge is 0.294 e. The number of rotatable bonds is 8. The lowest BCUT2D eigenvalue weighted by Crippen LogP contribution is -2.39. The molecule has 0 spiro atoms. The highest BCUT2D eigenvalue weighted by molar-refractivity contribution is 6.14. The van der Waals surface area contributed by atoms with Crippen molar-refractivity contribution in [1.82, 2.24) is 19.8 Å². The maximum atomic E-state index is 13.2. The van der Waals surface area contributed by atoms with Crippen LogP contribution in [0.25, 0.3) is 11.0 Å². The third kappa shape index (κ3) is 6.32. The second kappa shape index (κ2) is 11.5. The summed E-state index contributed by atoms with van der Waals surface area (Å²) in [6, 6.07) is 5.19. The molecule has 0 bridgehead atoms. The van der Waals surface area contributed by atoms with Crippen molar-refractivity contribution in [2.24, 2.45) is 11.8 Å². The van der Waals surface area contributed by atoms with E-state index in [1.54, 1.807) is 35.6 Å². The fraction of sp³-hybridized carbons (Fsp3) is 0.444. The minimum absolute atomic E-state index is 0.00916. The molecule has 4 rings (SSSR count). The number of furan rings is 1. The number of fused-ring (bicyclic) bond motifs is 1. The molecule has 10 heteroatoms. The molecule has 2 N–H and O–H groups in total. The van der Waals surface area contributed by atoms with Crippen molar-refractivity contribution in [2.45, 2.75) is 32.6 Å². The van der Waals surface area contributed by atoms with Crippen LogP contribution in [0, 0.1) is 18.8 Å². The Labute approximate surface area is 216 Å². The molecular formula is C27H34N6O4. The Kier molecular flexibility index (Phi) is 8.17. The highest BCUT2D eigenvalue weighted by Gasteiger charge is 2.32. The average Bonchev–Trinajstić information content (AvgIpc) is 3.26. The molecule has 3 aromatic rings. The summed E-state index contributed by atoms with van der Waals surface area (Å²) in [5.41, 5.74) is 1.71. The van der Waals surface area contributed by atoms with Crippen LogP contribution >= 0.6 is 0 Å². The number of pyridine rings is 2. The zero-order valence-corrected chi connectivity index (χ0v) is 21.8. The van der Waals surface area contributed by atoms with Crippen LogP contribution in [0.5, 0.6) is 0 Å². The Morgan fingerprint density at radius 2 is 1.70 bits per heavy atom. The summed E-state index contributed by atoms with van der Waals surface area (Å²) in [6.07, 6.45) is 7.30. The van der Waals surface area contributed by atoms with Crippen LogP contribution in [-0.2, 0) is 9.59 Å². The molecule has 0 aliphatic heterocycles. The monoisotopic (exact) mass is 506 g/mol. The van der Waals surface area contributed by atoms with Crippen LogP contribution < -0.4 is 10.6 Å². The van der Waals surface area contributed by atoms with Gasteiger partial charge in [0, 0.05) is 50.6 Å². The average molecular weight is 507 g/mol. The summed E-state index contributed by atoms with van der Waals surface area (Å²) in [5, 5.41) is 6.19. The van der Waals surface area contributed by atoms with Gasteiger partial charge in [-0.3, -0.25) is 19.4 Å². The molecule has 0 unspecified atom stereocenters. The molecule has 10 nitrogen and oxygen atoms in total. The standard InChI is InChI=1S/C27H34N6O4/c1-17-5-10-22(29-15-17)30-26(35)24-23(20-16-28-12-11-21(20)37-24)31-25(34)18-6-8-19(9-7-18)27(36)33(4)14-13-32(2)3/h5,10-12,15-16,18-19H,6-9,13-14H2,1-4H3,(H,31,34)(H,29,30,35)/t18-,19-. The van der Waals surface area contributed by atoms with E-state index in [1.165, 1.54) is 0 Å². The van der Waals surface area contributed by atoms with Gasteiger partial charge >= 0.3 is 0 Å². The summed E-state index contributed by atoms with van der Waals surface area (Å²) in [4.78, 5) is 51.3. The van der Waals surface area contributed by atoms with Gasteiger partial charge in [0.1, 0.15) is 17.1 Å². The van der Waals surface area contributed by atoms with Crippen molar-refractivity contribution >= 4 is 40.2 Å². The van der Waals surface area contributed by atoms with Gasteiger partial charge in [0.15, 0.2) is 0 Å². The normalized spacial score (nSPS) is 17.5. The van der Waals surface area contributed by atoms with Gasteiger partial charge in [0.05, 0.1) is 5.39 Å². The Morgan fingerprint density at radius 1 is 0.973 bits per heavy atom. The first kappa shape index (κ1) is 26.3. The highest BCUT2D eigenvalue weighted by atomic mass is 16.3. The van der Waals surface area contributed by atoms with Gasteiger partial charge in [-0.1, -0.05) is 6.07 Å². The summed E-state index contributed by atoms with van der Waals surface area (Å²) in [6.45, 7) is 3.39. The SMILES string of the molecule is Cc1ccc(NC(=O)c2oc3ccncc3c2NC(=O)[C@H]2CC[C@H](C(=O)N(C)CCN(C)C)CC2)nc1. The number of carbonyl (C=O) groups excluding carboxylic acids is 3. The number of likely N-dealkylation sites (N-methyl/N-ethyl adjacent to an activating group) is 2. The molecule has 3 aromatic heterocycles. The van der Waals surface area contributed by atoms with Gasteiger partial charge in [-0.05, 0) is 64.4 Å². The number of hydrogen-bond donors (Lipinski definition) is 2. The van der Waals surface area contributed by atoms with Crippen LogP contribution in [0.4, 0.5) is 11.5 Å². The molecule has 0 atom stereocenters. The van der Waals surface area contributed by atoms with Crippen LogP contribution in [0.15, 0.2) is 41.2 Å². The summed E-state index contributed by atoms with van der Waals surface area (Å²) in [7, 11) is 5.80. The minimum Gasteiger partial charge on any atom is -0.448 e. The van der Waals surface area contributed by atoms with E-state index in [-0.39, 0.29) is 29.4 Å². The third-order valence-corrected chi connectivity index (χ3v) is 6.80. The van der Waals surface area contributed by atoms with Crippen LogP contribution in [0.1, 0.15) is 41.8 Å². The van der Waals surface area contributed by atoms with Crippen LogP contribution in [0.2, 0.25) is 0 Å². The molecule has 3 heterocycles. The Bertz CT molecular complexity index is 1260. The first-order valence-electron chi connectivity index (χ1n) is 12.5. The lowest BCUT2D eigenvalue weighted by Gasteiger charge is -2.30. The molecule has 1 saturated carbocycles. The van der Waals surface area contributed by atoms with E-state index in [0.29, 0.717) is 54.7 Å². The topological polar surface area (TPSA) is 121 Å². The Hall–Kier alpha value is -3.79. The molecule has 0 saturated heterocycles. The van der Waals surface area contributed by atoms with Crippen molar-refractivity contribution in [1.29, 1.82) is 0 Å². The van der Waals surface area contributed by atoms with E-state index in [9.17, 15) is 14.4 Å². The Balaban J connectivity index is 1.43. The van der Waals surface area contributed by atoms with Gasteiger partial charge in [-0.2, -0.15) is 0 Å². The largest absolute Gasteiger partial charge is 0.448 e. The maximum absolute atomic E-state index is 13.2. The predicted molar refractivity (Wildman–Crippen MR) is 141 cm³/mol. The fourth-order valence-electron chi connectivity index (χ4n) is 4.54. The van der Waals surface area contributed by atoms with Crippen molar-refractivity contribution < 1.29 is 18.8 Å². The number of carbonyl (C=O) groups is 3. The third-order valence-electron chi connectivity index (χ3n) is 6.80. The van der Waals surface area contributed by atoms with E-state index in [2.05, 4.69) is 20.6 Å². The number of hydrogen-bond acceptors (Lipinski definition) is 7. The molecule has 0 aromatic carbocycles. The minimum atomic E-state index is -0.516. The van der Waals surface area contributed by atoms with Gasteiger partial charge in [-0.25, -0.2) is 4.98 Å². The van der Waals surface area contributed by atoms with E-state index >= 15 is 0 Å². The zero-order chi connectivity index (χ0) is 26.5. The van der Waals surface area contributed by atoms with Crippen molar-refractivity contribution in [3.63, 3.8) is 0 Å². The number of anilines is 2. The van der Waals surface area contributed by atoms with Gasteiger partial charge in [-0.15, -0.1) is 0 Å². The molecule has 0 radical (unpaired) electrons. The van der Waals surface area contributed by atoms with Crippen molar-refractivity contribution in [3.05, 3.63) is 48.1 Å². The summed E-state index contributed by atoms with van der Waals surface area (Å²) >= 11 is 0. The number of nitrogens with one attached hydrogen (secondary N) is 2. The van der Waals surface area contributed by atoms with Crippen LogP contribution in [0.3, 0.4) is 0 Å². The van der Waals surface area contributed by atoms with Gasteiger partial charge in [0.2, 0.25) is 17.6 Å². The predicted octanol–water partition coefficient (Wildman–Crippen LogP) is 3.55. The first-order chi connectivity index (χ1) is 17.7. The van der Waals surface area contributed by atoms with E-state index in [4.69, 9.17) is 4.42 Å². The molecule has 37 heavy (non-hydrogen) atoms. The number of nitrogens with zero attached hydrogens (tertiary/aromatic N) is 4. The quantitative estimate of drug-likeness (QED) is 0.479. The summed E-state index contributed by atoms with van der Waals surface area (Å²) in [5.74, 6) is -0.531. The molecule has 1 aliphatic carbocycles. The fourth-order valence-corrected chi connectivity index (χ4v) is 4.54. The molecule has 3 amide bonds. The lowest BCUT2D eigenvalue weighted by atomic mass is 9.81. The zero-order valence-electron chi connectivity index (χ0n) is 21.8. The first-order valence-corrected chi connectivity index (χ1v) is 12.5. The van der Waals surface area contributed by atoms with E-state index in [0.717, 1.165) is 12.1 Å². The van der Waals surface area contributed by atoms with E-state index in [1.807, 2.05) is 39.0 Å². The van der Waals surface area contributed by atoms with Crippen molar-refractivity contribution in [2.75, 3.05) is 44.9 Å². The van der Waals surface area contributed by atoms with Gasteiger partial charge < -0.3 is 24.9 Å². The number of amides is 3. The molecule has 1 aliphatic rings. The van der Waals surface area contributed by atoms with Gasteiger partial charge in [0.25, 0.3) is 5.91 Å². The summed E-state index contributed by atoms with van der Waals surface area (Å²) < 4.78 is 5.81.